The molecule has 0 bridgehead atoms. The zero-order valence-electron chi connectivity index (χ0n) is 15.4. The van der Waals surface area contributed by atoms with Crippen molar-refractivity contribution in [2.75, 3.05) is 12.9 Å². The van der Waals surface area contributed by atoms with E-state index in [0.717, 1.165) is 10.8 Å². The number of ether oxygens (including phenoxy) is 1. The molecule has 2 atom stereocenters. The third-order valence-electron chi connectivity index (χ3n) is 4.27. The molecule has 0 fully saturated rings. The van der Waals surface area contributed by atoms with E-state index in [9.17, 15) is 9.00 Å². The maximum absolute atomic E-state index is 13.1. The fourth-order valence-corrected chi connectivity index (χ4v) is 3.24. The lowest BCUT2D eigenvalue weighted by molar-refractivity contribution is 0.102. The molecule has 3 aromatic carbocycles. The van der Waals surface area contributed by atoms with Crippen LogP contribution in [0.15, 0.2) is 66.7 Å². The number of benzene rings is 3. The average molecular weight is 383 g/mol. The molecule has 0 spiro atoms. The minimum atomic E-state index is -1.17. The maximum atomic E-state index is 13.1. The van der Waals surface area contributed by atoms with E-state index in [1.54, 1.807) is 18.4 Å². The first-order chi connectivity index (χ1) is 13.0. The Morgan fingerprint density at radius 2 is 1.67 bits per heavy atom. The zero-order valence-corrected chi connectivity index (χ0v) is 16.2. The molecule has 2 unspecified atom stereocenters. The Balaban J connectivity index is 1.92. The lowest BCUT2D eigenvalue weighted by atomic mass is 9.98. The van der Waals surface area contributed by atoms with Crippen LogP contribution in [0.3, 0.4) is 0 Å². The summed E-state index contributed by atoms with van der Waals surface area (Å²) in [4.78, 5) is 13.1. The average Bonchev–Trinajstić information content (AvgIpc) is 2.67. The molecule has 0 aromatic heterocycles. The molecular formula is C22H23O4S+. The van der Waals surface area contributed by atoms with Crippen LogP contribution in [-0.2, 0) is 11.1 Å². The topological polar surface area (TPSA) is 56.2 Å². The van der Waals surface area contributed by atoms with E-state index in [4.69, 9.17) is 4.74 Å². The van der Waals surface area contributed by atoms with Gasteiger partial charge in [0, 0.05) is 5.56 Å². The van der Waals surface area contributed by atoms with Gasteiger partial charge in [-0.05, 0) is 29.8 Å². The van der Waals surface area contributed by atoms with Gasteiger partial charge in [-0.2, -0.15) is 4.21 Å². The molecule has 3 aromatic rings. The zero-order chi connectivity index (χ0) is 19.2. The molecule has 5 heteroatoms. The maximum Gasteiger partial charge on any atom is 0.298 e. The lowest BCUT2D eigenvalue weighted by Crippen LogP contribution is -2.18. The number of ketones is 1. The van der Waals surface area contributed by atoms with Gasteiger partial charge in [-0.1, -0.05) is 54.6 Å². The summed E-state index contributed by atoms with van der Waals surface area (Å²) in [6, 6.07) is 20.9. The molecule has 1 N–H and O–H groups in total. The van der Waals surface area contributed by atoms with Gasteiger partial charge in [0.2, 0.25) is 0 Å². The largest absolute Gasteiger partial charge is 0.490 e. The van der Waals surface area contributed by atoms with Crippen molar-refractivity contribution in [1.29, 1.82) is 0 Å². The predicted molar refractivity (Wildman–Crippen MR) is 110 cm³/mol. The van der Waals surface area contributed by atoms with Crippen molar-refractivity contribution in [2.24, 2.45) is 0 Å². The minimum Gasteiger partial charge on any atom is -0.490 e. The summed E-state index contributed by atoms with van der Waals surface area (Å²) >= 11 is -1.17. The van der Waals surface area contributed by atoms with Gasteiger partial charge in [0.05, 0.1) is 18.2 Å². The second-order valence-electron chi connectivity index (χ2n) is 6.38. The first-order valence-corrected chi connectivity index (χ1v) is 10.4. The summed E-state index contributed by atoms with van der Waals surface area (Å²) in [5, 5.41) is 2.01. The quantitative estimate of drug-likeness (QED) is 0.335. The fraction of sp³-hybridized carbons (Fsp3) is 0.227. The molecule has 140 valence electrons. The molecular weight excluding hydrogens is 360 g/mol. The number of hydrogen-bond acceptors (Lipinski definition) is 3. The second kappa shape index (κ2) is 8.93. The van der Waals surface area contributed by atoms with Gasteiger partial charge in [-0.25, -0.2) is 0 Å². The molecule has 4 nitrogen and oxygen atoms in total. The molecule has 0 aliphatic carbocycles. The fourth-order valence-electron chi connectivity index (χ4n) is 2.88. The van der Waals surface area contributed by atoms with Crippen LogP contribution >= 0.6 is 0 Å². The summed E-state index contributed by atoms with van der Waals surface area (Å²) in [6.45, 7) is 2.39. The number of rotatable bonds is 8. The minimum absolute atomic E-state index is 0.0668. The SMILES string of the molecule is CC(CC[OH+]S(C)=O)Oc1cc2ccccc2cc1C(=O)c1ccccc1. The van der Waals surface area contributed by atoms with Crippen molar-refractivity contribution in [2.45, 2.75) is 19.4 Å². The van der Waals surface area contributed by atoms with Crippen molar-refractivity contribution < 1.29 is 17.9 Å². The molecule has 0 radical (unpaired) electrons. The van der Waals surface area contributed by atoms with Gasteiger partial charge < -0.3 is 8.92 Å². The van der Waals surface area contributed by atoms with Gasteiger partial charge in [0.1, 0.15) is 11.9 Å². The lowest BCUT2D eigenvalue weighted by Gasteiger charge is -2.17. The van der Waals surface area contributed by atoms with Crippen LogP contribution in [0.1, 0.15) is 29.3 Å². The van der Waals surface area contributed by atoms with E-state index in [-0.39, 0.29) is 11.9 Å². The van der Waals surface area contributed by atoms with Crippen molar-refractivity contribution in [1.82, 2.24) is 0 Å². The van der Waals surface area contributed by atoms with Crippen LogP contribution in [0.4, 0.5) is 0 Å². The second-order valence-corrected chi connectivity index (χ2v) is 7.49. The van der Waals surface area contributed by atoms with E-state index in [1.165, 1.54) is 0 Å². The standard InChI is InChI=1S/C22H22O4S/c1-16(12-13-25-27(2)24)26-21-15-19-11-7-6-10-18(19)14-20(21)22(23)17-8-4-3-5-9-17/h3-11,14-16H,12-13H2,1-2H3/p+1. The van der Waals surface area contributed by atoms with Crippen LogP contribution in [0.2, 0.25) is 0 Å². The Hall–Kier alpha value is -2.50. The van der Waals surface area contributed by atoms with Crippen LogP contribution in [0, 0.1) is 0 Å². The van der Waals surface area contributed by atoms with Gasteiger partial charge in [-0.15, -0.1) is 0 Å². The summed E-state index contributed by atoms with van der Waals surface area (Å²) in [7, 11) is 0. The number of hydrogen-bond donors (Lipinski definition) is 0. The van der Waals surface area contributed by atoms with E-state index < -0.39 is 11.1 Å². The van der Waals surface area contributed by atoms with E-state index in [0.29, 0.717) is 29.9 Å². The normalized spacial score (nSPS) is 13.3. The summed E-state index contributed by atoms with van der Waals surface area (Å²) < 4.78 is 21.2. The van der Waals surface area contributed by atoms with Crippen LogP contribution in [0.5, 0.6) is 5.75 Å². The van der Waals surface area contributed by atoms with E-state index >= 15 is 0 Å². The molecule has 27 heavy (non-hydrogen) atoms. The Labute approximate surface area is 161 Å². The summed E-state index contributed by atoms with van der Waals surface area (Å²) in [5.41, 5.74) is 1.17. The summed E-state index contributed by atoms with van der Waals surface area (Å²) in [5.74, 6) is 0.496. The van der Waals surface area contributed by atoms with Gasteiger partial charge >= 0.3 is 0 Å². The van der Waals surface area contributed by atoms with Crippen molar-refractivity contribution in [3.05, 3.63) is 77.9 Å². The van der Waals surface area contributed by atoms with E-state index in [2.05, 4.69) is 4.18 Å². The highest BCUT2D eigenvalue weighted by Crippen LogP contribution is 2.29. The van der Waals surface area contributed by atoms with Gasteiger partial charge in [0.15, 0.2) is 12.4 Å². The summed E-state index contributed by atoms with van der Waals surface area (Å²) in [6.07, 6.45) is 2.03. The highest BCUT2D eigenvalue weighted by atomic mass is 32.2. The Kier molecular flexibility index (Phi) is 6.37. The number of aliphatic hydroxyl groups is 1. The third-order valence-corrected chi connectivity index (χ3v) is 4.81. The number of fused-ring (bicyclic) bond motifs is 1. The van der Waals surface area contributed by atoms with Crippen molar-refractivity contribution in [3.63, 3.8) is 0 Å². The van der Waals surface area contributed by atoms with Crippen molar-refractivity contribution in [3.8, 4) is 5.75 Å². The Morgan fingerprint density at radius 1 is 1.04 bits per heavy atom. The van der Waals surface area contributed by atoms with Crippen LogP contribution < -0.4 is 4.74 Å². The molecule has 3 rings (SSSR count). The van der Waals surface area contributed by atoms with Crippen LogP contribution in [-0.4, -0.2) is 33.1 Å². The monoisotopic (exact) mass is 383 g/mol. The smallest absolute Gasteiger partial charge is 0.298 e. The van der Waals surface area contributed by atoms with E-state index in [1.807, 2.05) is 61.5 Å². The molecule has 0 aliphatic rings. The van der Waals surface area contributed by atoms with Gasteiger partial charge in [0.25, 0.3) is 11.1 Å². The third kappa shape index (κ3) is 5.02. The predicted octanol–water partition coefficient (Wildman–Crippen LogP) is 4.05. The Bertz CT molecular complexity index is 953. The highest BCUT2D eigenvalue weighted by molar-refractivity contribution is 7.78. The highest BCUT2D eigenvalue weighted by Gasteiger charge is 2.18. The molecule has 0 amide bonds. The number of carbonyl (C=O) groups is 1. The first kappa shape index (κ1) is 19.3. The molecule has 0 heterocycles. The molecule has 0 saturated heterocycles. The van der Waals surface area contributed by atoms with Crippen molar-refractivity contribution >= 4 is 27.6 Å². The number of carbonyl (C=O) groups excluding carboxylic acids is 1. The molecule has 0 aliphatic heterocycles. The molecule has 0 saturated carbocycles. The Morgan fingerprint density at radius 3 is 2.33 bits per heavy atom. The van der Waals surface area contributed by atoms with Gasteiger partial charge in [-0.3, -0.25) is 4.79 Å². The first-order valence-electron chi connectivity index (χ1n) is 8.85. The van der Waals surface area contributed by atoms with Crippen LogP contribution in [0.25, 0.3) is 10.8 Å².